The van der Waals surface area contributed by atoms with Crippen LogP contribution >= 0.6 is 0 Å². The third-order valence-corrected chi connectivity index (χ3v) is 2.05. The number of nitrogens with zero attached hydrogens (tertiary/aromatic N) is 4. The molecule has 1 N–H and O–H groups in total. The minimum atomic E-state index is -0.343. The Morgan fingerprint density at radius 1 is 1.53 bits per heavy atom. The van der Waals surface area contributed by atoms with Gasteiger partial charge in [-0.25, -0.2) is 9.78 Å². The van der Waals surface area contributed by atoms with Gasteiger partial charge in [0, 0.05) is 32.9 Å². The van der Waals surface area contributed by atoms with E-state index < -0.39 is 0 Å². The van der Waals surface area contributed by atoms with Gasteiger partial charge in [-0.15, -0.1) is 0 Å². The number of carbonyl (C=O) groups is 1. The minimum Gasteiger partial charge on any atom is -0.292 e. The zero-order valence-electron chi connectivity index (χ0n) is 10.3. The van der Waals surface area contributed by atoms with Crippen molar-refractivity contribution in [3.05, 3.63) is 22.1 Å². The lowest BCUT2D eigenvalue weighted by atomic mass is 10.4. The van der Waals surface area contributed by atoms with Gasteiger partial charge in [0.25, 0.3) is 5.56 Å². The molecule has 2 amide bonds. The number of carbonyl (C=O) groups excluding carboxylic acids is 1. The summed E-state index contributed by atoms with van der Waals surface area (Å²) in [5.41, 5.74) is 0.258. The maximum Gasteiger partial charge on any atom is 0.331 e. The zero-order valence-corrected chi connectivity index (χ0v) is 10.3. The summed E-state index contributed by atoms with van der Waals surface area (Å²) in [6, 6.07) is 1.02. The van der Waals surface area contributed by atoms with Crippen LogP contribution in [0.15, 0.2) is 15.9 Å². The number of urea groups is 1. The van der Waals surface area contributed by atoms with E-state index in [2.05, 4.69) is 15.0 Å². The molecule has 0 spiro atoms. The quantitative estimate of drug-likeness (QED) is 0.590. The summed E-state index contributed by atoms with van der Waals surface area (Å²) in [6.07, 6.45) is 1.38. The molecule has 0 unspecified atom stereocenters. The van der Waals surface area contributed by atoms with Crippen LogP contribution in [0.4, 0.5) is 10.7 Å². The number of amides is 2. The Hall–Kier alpha value is -2.18. The van der Waals surface area contributed by atoms with Gasteiger partial charge in [-0.3, -0.25) is 24.6 Å². The minimum absolute atomic E-state index is 0.205. The maximum atomic E-state index is 11.9. The Balaban J connectivity index is 3.00. The molecule has 1 aromatic heterocycles. The highest BCUT2D eigenvalue weighted by atomic mass is 16.2. The van der Waals surface area contributed by atoms with E-state index in [1.807, 2.05) is 0 Å². The lowest BCUT2D eigenvalue weighted by molar-refractivity contribution is 0.234. The molecule has 0 fully saturated rings. The van der Waals surface area contributed by atoms with E-state index in [9.17, 15) is 9.59 Å². The van der Waals surface area contributed by atoms with Crippen molar-refractivity contribution >= 4 is 18.3 Å². The number of nitrogens with one attached hydrogen (secondary N) is 1. The van der Waals surface area contributed by atoms with Crippen molar-refractivity contribution in [1.82, 2.24) is 14.9 Å². The first-order chi connectivity index (χ1) is 7.95. The molecule has 0 saturated carbocycles. The van der Waals surface area contributed by atoms with E-state index in [1.54, 1.807) is 21.0 Å². The molecule has 1 aromatic rings. The number of H-pyrrole nitrogens is 1. The van der Waals surface area contributed by atoms with E-state index in [0.717, 1.165) is 0 Å². The Labute approximate surface area is 98.8 Å². The van der Waals surface area contributed by atoms with Gasteiger partial charge in [0.2, 0.25) is 5.95 Å². The van der Waals surface area contributed by atoms with Crippen LogP contribution in [0.25, 0.3) is 0 Å². The van der Waals surface area contributed by atoms with Crippen molar-refractivity contribution in [3.8, 4) is 0 Å². The number of rotatable bonds is 2. The number of aliphatic imine (C=N–C) groups is 1. The van der Waals surface area contributed by atoms with Crippen LogP contribution in [-0.4, -0.2) is 48.4 Å². The molecule has 0 atom stereocenters. The van der Waals surface area contributed by atoms with Gasteiger partial charge >= 0.3 is 6.03 Å². The molecule has 0 aliphatic carbocycles. The zero-order chi connectivity index (χ0) is 13.0. The van der Waals surface area contributed by atoms with Gasteiger partial charge in [-0.05, 0) is 6.92 Å². The summed E-state index contributed by atoms with van der Waals surface area (Å²) in [5, 5.41) is 0. The summed E-state index contributed by atoms with van der Waals surface area (Å²) < 4.78 is 0. The summed E-state index contributed by atoms with van der Waals surface area (Å²) in [6.45, 7) is 1.69. The fourth-order valence-electron chi connectivity index (χ4n) is 1.27. The second-order valence-electron chi connectivity index (χ2n) is 3.54. The average molecular weight is 237 g/mol. The van der Waals surface area contributed by atoms with Gasteiger partial charge in [-0.1, -0.05) is 0 Å². The number of anilines is 1. The van der Waals surface area contributed by atoms with Crippen LogP contribution in [-0.2, 0) is 0 Å². The van der Waals surface area contributed by atoms with Gasteiger partial charge in [0.15, 0.2) is 0 Å². The van der Waals surface area contributed by atoms with Crippen molar-refractivity contribution in [2.24, 2.45) is 4.99 Å². The highest BCUT2D eigenvalue weighted by Gasteiger charge is 2.16. The van der Waals surface area contributed by atoms with Crippen molar-refractivity contribution in [3.63, 3.8) is 0 Å². The molecular formula is C10H15N5O2. The van der Waals surface area contributed by atoms with Crippen LogP contribution < -0.4 is 10.5 Å². The lowest BCUT2D eigenvalue weighted by Gasteiger charge is -2.20. The fourth-order valence-corrected chi connectivity index (χ4v) is 1.27. The van der Waals surface area contributed by atoms with Crippen LogP contribution in [0.1, 0.15) is 5.69 Å². The van der Waals surface area contributed by atoms with E-state index in [-0.39, 0.29) is 17.5 Å². The van der Waals surface area contributed by atoms with Crippen molar-refractivity contribution in [2.45, 2.75) is 6.92 Å². The Morgan fingerprint density at radius 3 is 2.71 bits per heavy atom. The van der Waals surface area contributed by atoms with Crippen LogP contribution in [0.3, 0.4) is 0 Å². The number of hydrogen-bond donors (Lipinski definition) is 1. The Morgan fingerprint density at radius 2 is 2.18 bits per heavy atom. The molecule has 17 heavy (non-hydrogen) atoms. The molecule has 0 aliphatic heterocycles. The smallest absolute Gasteiger partial charge is 0.292 e. The predicted octanol–water partition coefficient (Wildman–Crippen LogP) is 0.224. The maximum absolute atomic E-state index is 11.9. The largest absolute Gasteiger partial charge is 0.331 e. The molecule has 0 aliphatic rings. The number of hydrogen-bond acceptors (Lipinski definition) is 4. The third-order valence-electron chi connectivity index (χ3n) is 2.05. The van der Waals surface area contributed by atoms with Crippen LogP contribution in [0.5, 0.6) is 0 Å². The van der Waals surface area contributed by atoms with Crippen molar-refractivity contribution < 1.29 is 4.79 Å². The van der Waals surface area contributed by atoms with E-state index in [0.29, 0.717) is 5.69 Å². The summed E-state index contributed by atoms with van der Waals surface area (Å²) in [4.78, 5) is 36.0. The topological polar surface area (TPSA) is 81.7 Å². The Kier molecular flexibility index (Phi) is 3.97. The SMILES string of the molecule is CN=CN(C)C(=O)N(C)c1nc(C)cc(=O)[nH]1. The molecule has 0 radical (unpaired) electrons. The molecular weight excluding hydrogens is 222 g/mol. The van der Waals surface area contributed by atoms with Crippen LogP contribution in [0.2, 0.25) is 0 Å². The number of aryl methyl sites for hydroxylation is 1. The summed E-state index contributed by atoms with van der Waals surface area (Å²) in [7, 11) is 4.66. The monoisotopic (exact) mass is 237 g/mol. The molecule has 0 aromatic carbocycles. The molecule has 0 saturated heterocycles. The Bertz CT molecular complexity index is 494. The summed E-state index contributed by atoms with van der Waals surface area (Å²) in [5.74, 6) is 0.205. The third kappa shape index (κ3) is 3.13. The second-order valence-corrected chi connectivity index (χ2v) is 3.54. The van der Waals surface area contributed by atoms with E-state index in [4.69, 9.17) is 0 Å². The molecule has 92 valence electrons. The van der Waals surface area contributed by atoms with Gasteiger partial charge in [0.1, 0.15) is 0 Å². The normalized spacial score (nSPS) is 10.6. The number of aromatic nitrogens is 2. The van der Waals surface area contributed by atoms with Gasteiger partial charge in [-0.2, -0.15) is 0 Å². The van der Waals surface area contributed by atoms with Gasteiger partial charge in [0.05, 0.1) is 6.34 Å². The molecule has 7 heteroatoms. The highest BCUT2D eigenvalue weighted by Crippen LogP contribution is 2.04. The van der Waals surface area contributed by atoms with Crippen LogP contribution in [0, 0.1) is 6.92 Å². The van der Waals surface area contributed by atoms with Gasteiger partial charge < -0.3 is 0 Å². The van der Waals surface area contributed by atoms with E-state index in [1.165, 1.54) is 29.3 Å². The average Bonchev–Trinajstić information content (AvgIpc) is 2.26. The lowest BCUT2D eigenvalue weighted by Crippen LogP contribution is -2.39. The molecule has 1 heterocycles. The standard InChI is InChI=1S/C10H15N5O2/c1-7-5-8(16)13-9(12-7)15(4)10(17)14(3)6-11-2/h5-6H,1-4H3,(H,12,13,16). The first-order valence-electron chi connectivity index (χ1n) is 4.96. The first kappa shape index (κ1) is 12.9. The predicted molar refractivity (Wildman–Crippen MR) is 65.6 cm³/mol. The second kappa shape index (κ2) is 5.24. The first-order valence-corrected chi connectivity index (χ1v) is 4.96. The van der Waals surface area contributed by atoms with Crippen molar-refractivity contribution in [1.29, 1.82) is 0 Å². The molecule has 0 bridgehead atoms. The molecule has 7 nitrogen and oxygen atoms in total. The highest BCUT2D eigenvalue weighted by molar-refractivity contribution is 5.96. The fraction of sp³-hybridized carbons (Fsp3) is 0.400. The van der Waals surface area contributed by atoms with Crippen molar-refractivity contribution in [2.75, 3.05) is 26.0 Å². The number of aromatic amines is 1. The summed E-state index contributed by atoms with van der Waals surface area (Å²) >= 11 is 0. The van der Waals surface area contributed by atoms with E-state index >= 15 is 0 Å². The molecule has 1 rings (SSSR count).